The highest BCUT2D eigenvalue weighted by Gasteiger charge is 2.28. The summed E-state index contributed by atoms with van der Waals surface area (Å²) in [5.74, 6) is 0.166. The van der Waals surface area contributed by atoms with Crippen LogP contribution in [0.1, 0.15) is 36.5 Å². The van der Waals surface area contributed by atoms with Crippen molar-refractivity contribution in [1.29, 1.82) is 0 Å². The minimum atomic E-state index is 0.166. The summed E-state index contributed by atoms with van der Waals surface area (Å²) in [5.41, 5.74) is 0.789. The molecule has 1 amide bonds. The molecule has 17 heavy (non-hydrogen) atoms. The summed E-state index contributed by atoms with van der Waals surface area (Å²) in [6, 6.07) is 6.33. The Morgan fingerprint density at radius 1 is 1.59 bits per heavy atom. The fourth-order valence-corrected chi connectivity index (χ4v) is 3.25. The number of benzene rings is 1. The van der Waals surface area contributed by atoms with Gasteiger partial charge in [0.05, 0.1) is 5.56 Å². The minimum Gasteiger partial charge on any atom is -0.336 e. The molecule has 2 nitrogen and oxygen atoms in total. The highest BCUT2D eigenvalue weighted by molar-refractivity contribution is 14.1. The average molecular weight is 408 g/mol. The number of hydrogen-bond donors (Lipinski definition) is 0. The van der Waals surface area contributed by atoms with Gasteiger partial charge in [-0.25, -0.2) is 0 Å². The molecule has 0 N–H and O–H groups in total. The molecule has 1 fully saturated rings. The van der Waals surface area contributed by atoms with Crippen LogP contribution in [0.5, 0.6) is 0 Å². The van der Waals surface area contributed by atoms with E-state index in [1.807, 2.05) is 23.1 Å². The van der Waals surface area contributed by atoms with Gasteiger partial charge in [0.1, 0.15) is 0 Å². The maximum atomic E-state index is 12.5. The van der Waals surface area contributed by atoms with Gasteiger partial charge < -0.3 is 4.90 Å². The maximum absolute atomic E-state index is 12.5. The number of carbonyl (C=O) groups excluding carboxylic acids is 1. The molecular formula is C13H15BrINO. The van der Waals surface area contributed by atoms with Crippen molar-refractivity contribution in [2.75, 3.05) is 6.54 Å². The lowest BCUT2D eigenvalue weighted by Gasteiger charge is -2.24. The zero-order valence-electron chi connectivity index (χ0n) is 9.75. The summed E-state index contributed by atoms with van der Waals surface area (Å²) in [6.07, 6.45) is 3.32. The van der Waals surface area contributed by atoms with Crippen LogP contribution in [0.15, 0.2) is 22.7 Å². The van der Waals surface area contributed by atoms with Crippen molar-refractivity contribution in [2.24, 2.45) is 0 Å². The molecule has 2 rings (SSSR count). The van der Waals surface area contributed by atoms with Crippen molar-refractivity contribution in [3.05, 3.63) is 31.8 Å². The van der Waals surface area contributed by atoms with Crippen LogP contribution >= 0.6 is 38.5 Å². The van der Waals surface area contributed by atoms with E-state index < -0.39 is 0 Å². The summed E-state index contributed by atoms with van der Waals surface area (Å²) in [5, 5.41) is 0. The van der Waals surface area contributed by atoms with Gasteiger partial charge in [0.25, 0.3) is 5.91 Å². The Labute approximate surface area is 124 Å². The third-order valence-corrected chi connectivity index (χ3v) is 4.63. The van der Waals surface area contributed by atoms with Gasteiger partial charge >= 0.3 is 0 Å². The second-order valence-corrected chi connectivity index (χ2v) is 6.43. The first-order valence-corrected chi connectivity index (χ1v) is 7.76. The molecule has 1 unspecified atom stereocenters. The minimum absolute atomic E-state index is 0.166. The highest BCUT2D eigenvalue weighted by Crippen LogP contribution is 2.26. The normalized spacial score (nSPS) is 19.7. The fourth-order valence-electron chi connectivity index (χ4n) is 2.34. The number of likely N-dealkylation sites (tertiary alicyclic amines) is 1. The van der Waals surface area contributed by atoms with Gasteiger partial charge in [0.15, 0.2) is 0 Å². The monoisotopic (exact) mass is 407 g/mol. The van der Waals surface area contributed by atoms with E-state index in [9.17, 15) is 4.79 Å². The van der Waals surface area contributed by atoms with Crippen molar-refractivity contribution < 1.29 is 4.79 Å². The number of amides is 1. The molecule has 0 aromatic heterocycles. The topological polar surface area (TPSA) is 20.3 Å². The molecule has 0 bridgehead atoms. The number of halogens is 2. The van der Waals surface area contributed by atoms with Gasteiger partial charge in [0, 0.05) is 20.6 Å². The van der Waals surface area contributed by atoms with Gasteiger partial charge in [-0.15, -0.1) is 0 Å². The lowest BCUT2D eigenvalue weighted by molar-refractivity contribution is 0.0732. The second kappa shape index (κ2) is 5.69. The van der Waals surface area contributed by atoms with Crippen LogP contribution in [0.2, 0.25) is 0 Å². The highest BCUT2D eigenvalue weighted by atomic mass is 127. The molecule has 0 saturated carbocycles. The number of carbonyl (C=O) groups is 1. The smallest absolute Gasteiger partial charge is 0.255 e. The van der Waals surface area contributed by atoms with Crippen LogP contribution in [0.25, 0.3) is 0 Å². The molecule has 1 aliphatic heterocycles. The molecule has 0 spiro atoms. The predicted octanol–water partition coefficient (Wildman–Crippen LogP) is 4.07. The molecule has 1 saturated heterocycles. The van der Waals surface area contributed by atoms with E-state index in [4.69, 9.17) is 0 Å². The van der Waals surface area contributed by atoms with Crippen molar-refractivity contribution in [3.63, 3.8) is 0 Å². The summed E-state index contributed by atoms with van der Waals surface area (Å²) in [7, 11) is 0. The predicted molar refractivity (Wildman–Crippen MR) is 81.2 cm³/mol. The molecule has 1 atom stereocenters. The Hall–Kier alpha value is -0.100. The number of hydrogen-bond acceptors (Lipinski definition) is 1. The Morgan fingerprint density at radius 2 is 2.35 bits per heavy atom. The first kappa shape index (κ1) is 13.3. The Bertz CT molecular complexity index is 435. The standard InChI is InChI=1S/C13H15BrINO/c1-2-10-4-3-7-16(10)13(17)11-8-9(15)5-6-12(11)14/h5-6,8,10H,2-4,7H2,1H3. The van der Waals surface area contributed by atoms with E-state index in [-0.39, 0.29) is 5.91 Å². The molecule has 1 heterocycles. The Balaban J connectivity index is 2.27. The van der Waals surface area contributed by atoms with Crippen molar-refractivity contribution in [3.8, 4) is 0 Å². The number of nitrogens with zero attached hydrogens (tertiary/aromatic N) is 1. The zero-order valence-corrected chi connectivity index (χ0v) is 13.5. The lowest BCUT2D eigenvalue weighted by atomic mass is 10.1. The molecular weight excluding hydrogens is 393 g/mol. The third kappa shape index (κ3) is 2.84. The molecule has 4 heteroatoms. The van der Waals surface area contributed by atoms with E-state index >= 15 is 0 Å². The van der Waals surface area contributed by atoms with Crippen molar-refractivity contribution in [2.45, 2.75) is 32.2 Å². The van der Waals surface area contributed by atoms with Crippen LogP contribution in [-0.2, 0) is 0 Å². The van der Waals surface area contributed by atoms with Gasteiger partial charge in [-0.3, -0.25) is 4.79 Å². The second-order valence-electron chi connectivity index (χ2n) is 4.33. The molecule has 1 aliphatic rings. The lowest BCUT2D eigenvalue weighted by Crippen LogP contribution is -2.35. The van der Waals surface area contributed by atoms with Crippen molar-refractivity contribution in [1.82, 2.24) is 4.90 Å². The molecule has 1 aromatic rings. The maximum Gasteiger partial charge on any atom is 0.255 e. The summed E-state index contributed by atoms with van der Waals surface area (Å²) in [6.45, 7) is 3.05. The van der Waals surface area contributed by atoms with E-state index in [2.05, 4.69) is 45.4 Å². The first-order valence-electron chi connectivity index (χ1n) is 5.89. The zero-order chi connectivity index (χ0) is 12.4. The van der Waals surface area contributed by atoms with Crippen LogP contribution in [0.3, 0.4) is 0 Å². The fraction of sp³-hybridized carbons (Fsp3) is 0.462. The van der Waals surface area contributed by atoms with Gasteiger partial charge in [-0.1, -0.05) is 6.92 Å². The Kier molecular flexibility index (Phi) is 4.47. The van der Waals surface area contributed by atoms with Crippen molar-refractivity contribution >= 4 is 44.4 Å². The largest absolute Gasteiger partial charge is 0.336 e. The van der Waals surface area contributed by atoms with E-state index in [0.29, 0.717) is 6.04 Å². The van der Waals surface area contributed by atoms with Crippen LogP contribution in [0, 0.1) is 3.57 Å². The molecule has 0 radical (unpaired) electrons. The summed E-state index contributed by atoms with van der Waals surface area (Å²) >= 11 is 5.71. The average Bonchev–Trinajstić information content (AvgIpc) is 2.79. The van der Waals surface area contributed by atoms with Crippen LogP contribution in [-0.4, -0.2) is 23.4 Å². The summed E-state index contributed by atoms with van der Waals surface area (Å²) in [4.78, 5) is 14.5. The molecule has 0 aliphatic carbocycles. The quantitative estimate of drug-likeness (QED) is 0.676. The van der Waals surface area contributed by atoms with E-state index in [0.717, 1.165) is 39.4 Å². The van der Waals surface area contributed by atoms with Crippen LogP contribution in [0.4, 0.5) is 0 Å². The summed E-state index contributed by atoms with van der Waals surface area (Å²) < 4.78 is 1.99. The van der Waals surface area contributed by atoms with Gasteiger partial charge in [-0.2, -0.15) is 0 Å². The van der Waals surface area contributed by atoms with E-state index in [1.54, 1.807) is 0 Å². The van der Waals surface area contributed by atoms with Gasteiger partial charge in [0.2, 0.25) is 0 Å². The van der Waals surface area contributed by atoms with E-state index in [1.165, 1.54) is 0 Å². The van der Waals surface area contributed by atoms with Crippen LogP contribution < -0.4 is 0 Å². The molecule has 1 aromatic carbocycles. The number of rotatable bonds is 2. The SMILES string of the molecule is CCC1CCCN1C(=O)c1cc(I)ccc1Br. The third-order valence-electron chi connectivity index (χ3n) is 3.27. The Morgan fingerprint density at radius 3 is 3.06 bits per heavy atom. The van der Waals surface area contributed by atoms with Gasteiger partial charge in [-0.05, 0) is 76.0 Å². The first-order chi connectivity index (χ1) is 8.13. The molecule has 92 valence electrons.